The lowest BCUT2D eigenvalue weighted by Crippen LogP contribution is -2.44. The lowest BCUT2D eigenvalue weighted by Gasteiger charge is -2.20. The minimum Gasteiger partial charge on any atom is -0.353 e. The monoisotopic (exact) mass is 529 g/mol. The Morgan fingerprint density at radius 1 is 1.28 bits per heavy atom. The zero-order valence-corrected chi connectivity index (χ0v) is 19.8. The molecule has 9 heteroatoms. The number of halogens is 2. The predicted molar refractivity (Wildman–Crippen MR) is 128 cm³/mol. The van der Waals surface area contributed by atoms with Crippen molar-refractivity contribution < 1.29 is 0 Å². The first-order chi connectivity index (χ1) is 13.7. The topological polar surface area (TPSA) is 70.4 Å². The van der Waals surface area contributed by atoms with Gasteiger partial charge in [-0.1, -0.05) is 24.4 Å². The number of rotatable bonds is 5. The standard InChI is InChI=1S/C20H28ClN7.HI/c1-22-20(24-13-15-9-12-28(26-15)17-5-2-3-6-17)25-16-8-11-27(14-16)19-18(21)7-4-10-23-19;/h4,7,9-10,12,16-17H,2-3,5-6,8,11,13-14H2,1H3,(H2,22,24,25);1H. The van der Waals surface area contributed by atoms with Gasteiger partial charge in [0, 0.05) is 38.6 Å². The Hall–Kier alpha value is -1.55. The van der Waals surface area contributed by atoms with E-state index >= 15 is 0 Å². The van der Waals surface area contributed by atoms with E-state index in [1.807, 2.05) is 12.1 Å². The summed E-state index contributed by atoms with van der Waals surface area (Å²) in [5.41, 5.74) is 1.04. The molecule has 1 saturated carbocycles. The van der Waals surface area contributed by atoms with E-state index in [0.717, 1.165) is 37.0 Å². The fourth-order valence-corrected chi connectivity index (χ4v) is 4.33. The highest BCUT2D eigenvalue weighted by molar-refractivity contribution is 14.0. The molecule has 0 bridgehead atoms. The molecule has 1 atom stereocenters. The molecule has 1 aliphatic heterocycles. The van der Waals surface area contributed by atoms with Gasteiger partial charge in [0.1, 0.15) is 5.82 Å². The number of anilines is 1. The summed E-state index contributed by atoms with van der Waals surface area (Å²) >= 11 is 6.28. The van der Waals surface area contributed by atoms with Crippen molar-refractivity contribution in [2.24, 2.45) is 4.99 Å². The maximum absolute atomic E-state index is 6.28. The predicted octanol–water partition coefficient (Wildman–Crippen LogP) is 3.61. The Kier molecular flexibility index (Phi) is 7.99. The molecule has 2 aromatic rings. The molecular formula is C20H29ClIN7. The summed E-state index contributed by atoms with van der Waals surface area (Å²) in [6.07, 6.45) is 10.0. The second kappa shape index (κ2) is 10.5. The molecule has 1 aliphatic carbocycles. The highest BCUT2D eigenvalue weighted by Crippen LogP contribution is 2.28. The van der Waals surface area contributed by atoms with Crippen LogP contribution >= 0.6 is 35.6 Å². The average molecular weight is 530 g/mol. The summed E-state index contributed by atoms with van der Waals surface area (Å²) in [6, 6.07) is 6.72. The van der Waals surface area contributed by atoms with Gasteiger partial charge in [0.15, 0.2) is 5.96 Å². The molecule has 4 rings (SSSR count). The molecule has 1 unspecified atom stereocenters. The molecule has 2 aromatic heterocycles. The van der Waals surface area contributed by atoms with Gasteiger partial charge in [-0.05, 0) is 37.5 Å². The van der Waals surface area contributed by atoms with Crippen LogP contribution in [0.15, 0.2) is 35.6 Å². The van der Waals surface area contributed by atoms with Crippen molar-refractivity contribution in [3.63, 3.8) is 0 Å². The van der Waals surface area contributed by atoms with Crippen molar-refractivity contribution >= 4 is 47.4 Å². The highest BCUT2D eigenvalue weighted by Gasteiger charge is 2.25. The summed E-state index contributed by atoms with van der Waals surface area (Å²) in [5, 5.41) is 12.3. The summed E-state index contributed by atoms with van der Waals surface area (Å²) < 4.78 is 2.13. The zero-order chi connectivity index (χ0) is 19.3. The summed E-state index contributed by atoms with van der Waals surface area (Å²) in [5.74, 6) is 1.66. The van der Waals surface area contributed by atoms with E-state index in [-0.39, 0.29) is 24.0 Å². The van der Waals surface area contributed by atoms with Crippen molar-refractivity contribution in [1.82, 2.24) is 25.4 Å². The van der Waals surface area contributed by atoms with E-state index in [0.29, 0.717) is 23.7 Å². The highest BCUT2D eigenvalue weighted by atomic mass is 127. The maximum Gasteiger partial charge on any atom is 0.191 e. The maximum atomic E-state index is 6.28. The van der Waals surface area contributed by atoms with Crippen LogP contribution in [0.3, 0.4) is 0 Å². The number of aliphatic imine (C=N–C) groups is 1. The van der Waals surface area contributed by atoms with Crippen LogP contribution in [-0.2, 0) is 6.54 Å². The Bertz CT molecular complexity index is 819. The number of pyridine rings is 1. The SMILES string of the molecule is CN=C(NCc1ccn(C2CCCC2)n1)NC1CCN(c2ncccc2Cl)C1.I. The molecule has 2 fully saturated rings. The van der Waals surface area contributed by atoms with E-state index < -0.39 is 0 Å². The van der Waals surface area contributed by atoms with Crippen LogP contribution in [0.1, 0.15) is 43.8 Å². The number of nitrogens with zero attached hydrogens (tertiary/aromatic N) is 5. The first-order valence-electron chi connectivity index (χ1n) is 10.1. The number of hydrogen-bond donors (Lipinski definition) is 2. The Balaban J connectivity index is 0.00000240. The van der Waals surface area contributed by atoms with Gasteiger partial charge in [-0.3, -0.25) is 9.67 Å². The first kappa shape index (κ1) is 22.1. The molecule has 2 aliphatic rings. The lowest BCUT2D eigenvalue weighted by atomic mass is 10.3. The molecule has 0 radical (unpaired) electrons. The van der Waals surface area contributed by atoms with Crippen LogP contribution in [-0.4, -0.2) is 46.9 Å². The van der Waals surface area contributed by atoms with Gasteiger partial charge in [-0.25, -0.2) is 4.98 Å². The minimum absolute atomic E-state index is 0. The van der Waals surface area contributed by atoms with Crippen LogP contribution in [0.4, 0.5) is 5.82 Å². The molecular weight excluding hydrogens is 501 g/mol. The molecule has 0 amide bonds. The van der Waals surface area contributed by atoms with Gasteiger partial charge in [0.25, 0.3) is 0 Å². The molecule has 0 spiro atoms. The molecule has 7 nitrogen and oxygen atoms in total. The Morgan fingerprint density at radius 2 is 2.10 bits per heavy atom. The van der Waals surface area contributed by atoms with E-state index in [4.69, 9.17) is 16.7 Å². The van der Waals surface area contributed by atoms with Gasteiger partial charge < -0.3 is 15.5 Å². The van der Waals surface area contributed by atoms with E-state index in [1.165, 1.54) is 25.7 Å². The van der Waals surface area contributed by atoms with Gasteiger partial charge in [-0.15, -0.1) is 24.0 Å². The first-order valence-corrected chi connectivity index (χ1v) is 10.5. The number of guanidine groups is 1. The van der Waals surface area contributed by atoms with E-state index in [2.05, 4.69) is 42.5 Å². The molecule has 158 valence electrons. The fourth-order valence-electron chi connectivity index (χ4n) is 4.09. The van der Waals surface area contributed by atoms with Crippen LogP contribution in [0.25, 0.3) is 0 Å². The summed E-state index contributed by atoms with van der Waals surface area (Å²) in [6.45, 7) is 2.45. The van der Waals surface area contributed by atoms with Crippen molar-refractivity contribution in [3.05, 3.63) is 41.3 Å². The molecule has 2 N–H and O–H groups in total. The van der Waals surface area contributed by atoms with Crippen molar-refractivity contribution in [3.8, 4) is 0 Å². The number of nitrogens with one attached hydrogen (secondary N) is 2. The minimum atomic E-state index is 0. The quantitative estimate of drug-likeness (QED) is 0.352. The van der Waals surface area contributed by atoms with Crippen LogP contribution in [0.2, 0.25) is 5.02 Å². The third-order valence-corrected chi connectivity index (χ3v) is 5.89. The second-order valence-electron chi connectivity index (χ2n) is 7.54. The smallest absolute Gasteiger partial charge is 0.191 e. The van der Waals surface area contributed by atoms with Gasteiger partial charge >= 0.3 is 0 Å². The Morgan fingerprint density at radius 3 is 2.86 bits per heavy atom. The van der Waals surface area contributed by atoms with E-state index in [1.54, 1.807) is 13.2 Å². The van der Waals surface area contributed by atoms with Crippen molar-refractivity contribution in [1.29, 1.82) is 0 Å². The molecule has 1 saturated heterocycles. The largest absolute Gasteiger partial charge is 0.353 e. The summed E-state index contributed by atoms with van der Waals surface area (Å²) in [4.78, 5) is 11.0. The number of aromatic nitrogens is 3. The van der Waals surface area contributed by atoms with Gasteiger partial charge in [0.2, 0.25) is 0 Å². The zero-order valence-electron chi connectivity index (χ0n) is 16.7. The van der Waals surface area contributed by atoms with Crippen LogP contribution < -0.4 is 15.5 Å². The van der Waals surface area contributed by atoms with Gasteiger partial charge in [-0.2, -0.15) is 5.10 Å². The van der Waals surface area contributed by atoms with Crippen LogP contribution in [0, 0.1) is 0 Å². The van der Waals surface area contributed by atoms with Crippen molar-refractivity contribution in [2.45, 2.75) is 50.7 Å². The third-order valence-electron chi connectivity index (χ3n) is 5.59. The van der Waals surface area contributed by atoms with Crippen LogP contribution in [0.5, 0.6) is 0 Å². The third kappa shape index (κ3) is 5.53. The number of hydrogen-bond acceptors (Lipinski definition) is 4. The Labute approximate surface area is 194 Å². The molecule has 3 heterocycles. The second-order valence-corrected chi connectivity index (χ2v) is 7.94. The lowest BCUT2D eigenvalue weighted by molar-refractivity contribution is 0.462. The molecule has 0 aromatic carbocycles. The average Bonchev–Trinajstić information content (AvgIpc) is 3.46. The van der Waals surface area contributed by atoms with Gasteiger partial charge in [0.05, 0.1) is 23.3 Å². The fraction of sp³-hybridized carbons (Fsp3) is 0.550. The van der Waals surface area contributed by atoms with Crippen molar-refractivity contribution in [2.75, 3.05) is 25.0 Å². The summed E-state index contributed by atoms with van der Waals surface area (Å²) in [7, 11) is 1.80. The van der Waals surface area contributed by atoms with E-state index in [9.17, 15) is 0 Å². The molecule has 29 heavy (non-hydrogen) atoms. The normalized spacial score (nSPS) is 20.0.